The van der Waals surface area contributed by atoms with Gasteiger partial charge < -0.3 is 4.90 Å². The Kier molecular flexibility index (Phi) is 5.32. The summed E-state index contributed by atoms with van der Waals surface area (Å²) in [6, 6.07) is 14.0. The maximum Gasteiger partial charge on any atom is 0.261 e. The van der Waals surface area contributed by atoms with Crippen molar-refractivity contribution in [3.05, 3.63) is 54.1 Å². The van der Waals surface area contributed by atoms with E-state index >= 15 is 0 Å². The highest BCUT2D eigenvalue weighted by Crippen LogP contribution is 2.26. The summed E-state index contributed by atoms with van der Waals surface area (Å²) in [6.07, 6.45) is 2.38. The van der Waals surface area contributed by atoms with E-state index < -0.39 is 10.0 Å². The Labute approximate surface area is 155 Å². The molecule has 1 fully saturated rings. The van der Waals surface area contributed by atoms with Crippen molar-refractivity contribution >= 4 is 27.3 Å². The SMILES string of the molecule is CC[C@H](C)c1ccc(S(=O)(=O)Nc2cccc(N3CCCC3=O)c2)cc1. The molecule has 1 atom stereocenters. The fourth-order valence-corrected chi connectivity index (χ4v) is 4.13. The number of nitrogens with one attached hydrogen (secondary N) is 1. The molecule has 2 aromatic carbocycles. The molecule has 0 bridgehead atoms. The number of hydrogen-bond donors (Lipinski definition) is 1. The van der Waals surface area contributed by atoms with Gasteiger partial charge in [-0.15, -0.1) is 0 Å². The Balaban J connectivity index is 1.80. The zero-order chi connectivity index (χ0) is 18.7. The van der Waals surface area contributed by atoms with Crippen molar-refractivity contribution < 1.29 is 13.2 Å². The van der Waals surface area contributed by atoms with Crippen LogP contribution in [0.2, 0.25) is 0 Å². The summed E-state index contributed by atoms with van der Waals surface area (Å²) in [7, 11) is -3.67. The summed E-state index contributed by atoms with van der Waals surface area (Å²) >= 11 is 0. The van der Waals surface area contributed by atoms with Crippen molar-refractivity contribution in [3.8, 4) is 0 Å². The number of carbonyl (C=O) groups is 1. The smallest absolute Gasteiger partial charge is 0.261 e. The average molecular weight is 372 g/mol. The molecule has 1 heterocycles. The molecule has 1 aliphatic heterocycles. The van der Waals surface area contributed by atoms with Crippen LogP contribution in [0, 0.1) is 0 Å². The van der Waals surface area contributed by atoms with E-state index in [9.17, 15) is 13.2 Å². The van der Waals surface area contributed by atoms with Crippen molar-refractivity contribution in [2.45, 2.75) is 43.9 Å². The second-order valence-electron chi connectivity index (χ2n) is 6.68. The number of benzene rings is 2. The van der Waals surface area contributed by atoms with Crippen LogP contribution in [0.15, 0.2) is 53.4 Å². The number of amides is 1. The van der Waals surface area contributed by atoms with Crippen LogP contribution in [0.3, 0.4) is 0 Å². The van der Waals surface area contributed by atoms with Crippen molar-refractivity contribution in [3.63, 3.8) is 0 Å². The Hall–Kier alpha value is -2.34. The first-order valence-corrected chi connectivity index (χ1v) is 10.4. The first kappa shape index (κ1) is 18.5. The number of anilines is 2. The predicted molar refractivity (Wildman–Crippen MR) is 104 cm³/mol. The number of sulfonamides is 1. The minimum Gasteiger partial charge on any atom is -0.312 e. The molecule has 2 aromatic rings. The second-order valence-corrected chi connectivity index (χ2v) is 8.37. The van der Waals surface area contributed by atoms with Gasteiger partial charge in [0.1, 0.15) is 0 Å². The molecular weight excluding hydrogens is 348 g/mol. The molecule has 26 heavy (non-hydrogen) atoms. The van der Waals surface area contributed by atoms with Gasteiger partial charge in [0.25, 0.3) is 10.0 Å². The summed E-state index contributed by atoms with van der Waals surface area (Å²) in [6.45, 7) is 4.90. The summed E-state index contributed by atoms with van der Waals surface area (Å²) in [4.78, 5) is 13.8. The molecule has 0 spiro atoms. The average Bonchev–Trinajstić information content (AvgIpc) is 3.07. The van der Waals surface area contributed by atoms with Crippen molar-refractivity contribution in [2.24, 2.45) is 0 Å². The topological polar surface area (TPSA) is 66.5 Å². The molecule has 0 unspecified atom stereocenters. The van der Waals surface area contributed by atoms with Gasteiger partial charge in [0.15, 0.2) is 0 Å². The molecule has 1 amide bonds. The van der Waals surface area contributed by atoms with Crippen LogP contribution < -0.4 is 9.62 Å². The van der Waals surface area contributed by atoms with E-state index in [-0.39, 0.29) is 10.8 Å². The highest BCUT2D eigenvalue weighted by atomic mass is 32.2. The van der Waals surface area contributed by atoms with Gasteiger partial charge in [-0.3, -0.25) is 9.52 Å². The summed E-state index contributed by atoms with van der Waals surface area (Å²) < 4.78 is 27.9. The van der Waals surface area contributed by atoms with E-state index in [0.717, 1.165) is 24.1 Å². The standard InChI is InChI=1S/C20H24N2O3S/c1-3-15(2)16-9-11-19(12-10-16)26(24,25)21-17-6-4-7-18(14-17)22-13-5-8-20(22)23/h4,6-7,9-12,14-15,21H,3,5,8,13H2,1-2H3/t15-/m0/s1. The van der Waals surface area contributed by atoms with Crippen LogP contribution in [0.4, 0.5) is 11.4 Å². The van der Waals surface area contributed by atoms with Crippen LogP contribution in [-0.2, 0) is 14.8 Å². The first-order chi connectivity index (χ1) is 12.4. The third-order valence-corrected chi connectivity index (χ3v) is 6.25. The molecule has 5 nitrogen and oxygen atoms in total. The van der Waals surface area contributed by atoms with Gasteiger partial charge in [0, 0.05) is 18.7 Å². The molecule has 0 aromatic heterocycles. The second kappa shape index (κ2) is 7.50. The molecule has 0 radical (unpaired) electrons. The number of carbonyl (C=O) groups excluding carboxylic acids is 1. The third kappa shape index (κ3) is 3.90. The number of rotatable bonds is 6. The molecule has 1 aliphatic rings. The molecule has 0 saturated carbocycles. The van der Waals surface area contributed by atoms with E-state index in [0.29, 0.717) is 24.6 Å². The normalized spacial score (nSPS) is 15.9. The zero-order valence-electron chi connectivity index (χ0n) is 15.1. The molecule has 3 rings (SSSR count). The Morgan fingerprint density at radius 1 is 1.15 bits per heavy atom. The Morgan fingerprint density at radius 3 is 2.50 bits per heavy atom. The third-order valence-electron chi connectivity index (χ3n) is 4.86. The lowest BCUT2D eigenvalue weighted by Crippen LogP contribution is -2.23. The molecule has 1 saturated heterocycles. The van der Waals surface area contributed by atoms with Crippen LogP contribution in [0.5, 0.6) is 0 Å². The Morgan fingerprint density at radius 2 is 1.88 bits per heavy atom. The van der Waals surface area contributed by atoms with E-state index in [4.69, 9.17) is 0 Å². The van der Waals surface area contributed by atoms with Gasteiger partial charge in [-0.1, -0.05) is 32.0 Å². The van der Waals surface area contributed by atoms with E-state index in [1.54, 1.807) is 35.2 Å². The van der Waals surface area contributed by atoms with Crippen LogP contribution in [0.1, 0.15) is 44.6 Å². The molecule has 1 N–H and O–H groups in total. The zero-order valence-corrected chi connectivity index (χ0v) is 15.9. The minimum atomic E-state index is -3.67. The van der Waals surface area contributed by atoms with Gasteiger partial charge in [-0.05, 0) is 54.7 Å². The minimum absolute atomic E-state index is 0.0747. The van der Waals surface area contributed by atoms with Crippen molar-refractivity contribution in [1.29, 1.82) is 0 Å². The van der Waals surface area contributed by atoms with Gasteiger partial charge >= 0.3 is 0 Å². The van der Waals surface area contributed by atoms with Crippen LogP contribution in [0.25, 0.3) is 0 Å². The number of hydrogen-bond acceptors (Lipinski definition) is 3. The fourth-order valence-electron chi connectivity index (χ4n) is 3.08. The maximum absolute atomic E-state index is 12.7. The van der Waals surface area contributed by atoms with E-state index in [2.05, 4.69) is 18.6 Å². The highest BCUT2D eigenvalue weighted by Gasteiger charge is 2.22. The monoisotopic (exact) mass is 372 g/mol. The van der Waals surface area contributed by atoms with E-state index in [1.807, 2.05) is 18.2 Å². The van der Waals surface area contributed by atoms with Gasteiger partial charge in [0.2, 0.25) is 5.91 Å². The van der Waals surface area contributed by atoms with Gasteiger partial charge in [0.05, 0.1) is 10.6 Å². The summed E-state index contributed by atoms with van der Waals surface area (Å²) in [5, 5.41) is 0. The first-order valence-electron chi connectivity index (χ1n) is 8.94. The largest absolute Gasteiger partial charge is 0.312 e. The molecule has 0 aliphatic carbocycles. The molecular formula is C20H24N2O3S. The van der Waals surface area contributed by atoms with Gasteiger partial charge in [-0.25, -0.2) is 8.42 Å². The quantitative estimate of drug-likeness (QED) is 0.829. The van der Waals surface area contributed by atoms with E-state index in [1.165, 1.54) is 0 Å². The predicted octanol–water partition coefficient (Wildman–Crippen LogP) is 4.13. The van der Waals surface area contributed by atoms with Crippen LogP contribution >= 0.6 is 0 Å². The van der Waals surface area contributed by atoms with Crippen molar-refractivity contribution in [2.75, 3.05) is 16.2 Å². The fraction of sp³-hybridized carbons (Fsp3) is 0.350. The summed E-state index contributed by atoms with van der Waals surface area (Å²) in [5.41, 5.74) is 2.30. The van der Waals surface area contributed by atoms with Crippen LogP contribution in [-0.4, -0.2) is 20.9 Å². The maximum atomic E-state index is 12.7. The lowest BCUT2D eigenvalue weighted by Gasteiger charge is -2.17. The lowest BCUT2D eigenvalue weighted by molar-refractivity contribution is -0.117. The molecule has 6 heteroatoms. The van der Waals surface area contributed by atoms with Gasteiger partial charge in [-0.2, -0.15) is 0 Å². The highest BCUT2D eigenvalue weighted by molar-refractivity contribution is 7.92. The molecule has 138 valence electrons. The lowest BCUT2D eigenvalue weighted by atomic mass is 9.99. The van der Waals surface area contributed by atoms with Crippen molar-refractivity contribution in [1.82, 2.24) is 0 Å². The number of nitrogens with zero attached hydrogens (tertiary/aromatic N) is 1. The summed E-state index contributed by atoms with van der Waals surface area (Å²) in [5.74, 6) is 0.472. The Bertz CT molecular complexity index is 892.